The van der Waals surface area contributed by atoms with Crippen molar-refractivity contribution in [3.8, 4) is 0 Å². The van der Waals surface area contributed by atoms with Crippen molar-refractivity contribution in [1.29, 1.82) is 0 Å². The van der Waals surface area contributed by atoms with Crippen LogP contribution in [0.5, 0.6) is 0 Å². The van der Waals surface area contributed by atoms with Crippen LogP contribution in [-0.4, -0.2) is 24.9 Å². The van der Waals surface area contributed by atoms with Gasteiger partial charge in [-0.25, -0.2) is 8.42 Å². The zero-order valence-electron chi connectivity index (χ0n) is 10.3. The van der Waals surface area contributed by atoms with Crippen molar-refractivity contribution < 1.29 is 13.5 Å². The van der Waals surface area contributed by atoms with Crippen LogP contribution in [0.4, 0.5) is 0 Å². The van der Waals surface area contributed by atoms with E-state index >= 15 is 0 Å². The van der Waals surface area contributed by atoms with Crippen LogP contribution in [0.3, 0.4) is 0 Å². The Hall–Kier alpha value is -0.650. The number of benzene rings is 1. The van der Waals surface area contributed by atoms with E-state index in [1.54, 1.807) is 32.0 Å². The van der Waals surface area contributed by atoms with Gasteiger partial charge in [0.05, 0.1) is 11.0 Å². The Kier molecular flexibility index (Phi) is 5.56. The molecule has 0 radical (unpaired) electrons. The van der Waals surface area contributed by atoms with Crippen LogP contribution in [0.15, 0.2) is 46.3 Å². The Morgan fingerprint density at radius 3 is 2.22 bits per heavy atom. The molecule has 0 saturated heterocycles. The first-order chi connectivity index (χ1) is 8.41. The van der Waals surface area contributed by atoms with Gasteiger partial charge in [0.15, 0.2) is 9.84 Å². The summed E-state index contributed by atoms with van der Waals surface area (Å²) in [6.45, 7) is 3.58. The molecule has 0 amide bonds. The highest BCUT2D eigenvalue weighted by atomic mass is 79.9. The van der Waals surface area contributed by atoms with Crippen molar-refractivity contribution in [2.24, 2.45) is 5.92 Å². The Bertz CT molecular complexity index is 494. The van der Waals surface area contributed by atoms with E-state index < -0.39 is 21.2 Å². The molecular weight excluding hydrogens is 316 g/mol. The number of halogens is 1. The van der Waals surface area contributed by atoms with Crippen LogP contribution in [-0.2, 0) is 9.84 Å². The molecule has 0 fully saturated rings. The van der Waals surface area contributed by atoms with Crippen LogP contribution < -0.4 is 0 Å². The summed E-state index contributed by atoms with van der Waals surface area (Å²) in [5, 5.41) is 9.12. The zero-order chi connectivity index (χ0) is 13.8. The summed E-state index contributed by atoms with van der Waals surface area (Å²) in [5.41, 5.74) is 0. The Labute approximate surface area is 117 Å². The lowest BCUT2D eigenvalue weighted by molar-refractivity contribution is 0.130. The fourth-order valence-electron chi connectivity index (χ4n) is 1.62. The minimum absolute atomic E-state index is 0.141. The van der Waals surface area contributed by atoms with Crippen molar-refractivity contribution in [3.63, 3.8) is 0 Å². The molecule has 2 atom stereocenters. The zero-order valence-corrected chi connectivity index (χ0v) is 12.7. The quantitative estimate of drug-likeness (QED) is 0.901. The number of hydrogen-bond acceptors (Lipinski definition) is 3. The summed E-state index contributed by atoms with van der Waals surface area (Å²) in [7, 11) is -3.57. The smallest absolute Gasteiger partial charge is 0.187 e. The van der Waals surface area contributed by atoms with Crippen molar-refractivity contribution in [1.82, 2.24) is 0 Å². The second-order valence-corrected chi connectivity index (χ2v) is 7.01. The topological polar surface area (TPSA) is 54.4 Å². The van der Waals surface area contributed by atoms with E-state index in [1.165, 1.54) is 23.2 Å². The predicted octanol–water partition coefficient (Wildman–Crippen LogP) is 2.75. The van der Waals surface area contributed by atoms with E-state index in [1.807, 2.05) is 0 Å². The second-order valence-electron chi connectivity index (χ2n) is 4.38. The molecular formula is C13H17BrO3S. The fraction of sp³-hybridized carbons (Fsp3) is 0.385. The number of sulfone groups is 1. The number of aliphatic hydroxyl groups excluding tert-OH is 1. The minimum atomic E-state index is -3.57. The van der Waals surface area contributed by atoms with Gasteiger partial charge in [-0.1, -0.05) is 54.1 Å². The number of rotatable bonds is 5. The molecule has 0 aliphatic heterocycles. The maximum absolute atomic E-state index is 12.4. The first kappa shape index (κ1) is 15.4. The third-order valence-electron chi connectivity index (χ3n) is 2.71. The van der Waals surface area contributed by atoms with Gasteiger partial charge in [0.2, 0.25) is 0 Å². The van der Waals surface area contributed by atoms with Gasteiger partial charge in [0, 0.05) is 0 Å². The molecule has 0 unspecified atom stereocenters. The van der Waals surface area contributed by atoms with E-state index in [-0.39, 0.29) is 10.8 Å². The molecule has 0 saturated carbocycles. The van der Waals surface area contributed by atoms with E-state index in [4.69, 9.17) is 0 Å². The maximum atomic E-state index is 12.4. The number of aliphatic hydroxyl groups is 1. The third kappa shape index (κ3) is 3.43. The van der Waals surface area contributed by atoms with Crippen molar-refractivity contribution >= 4 is 25.8 Å². The summed E-state index contributed by atoms with van der Waals surface area (Å²) in [6.07, 6.45) is 0.525. The molecule has 1 aromatic rings. The Balaban J connectivity index is 3.22. The highest BCUT2D eigenvalue weighted by Gasteiger charge is 2.33. The molecule has 0 aromatic heterocycles. The largest absolute Gasteiger partial charge is 0.391 e. The SMILES string of the molecule is CC(C)[C@@H](O)[C@H](/C=C\Br)S(=O)(=O)c1ccccc1. The van der Waals surface area contributed by atoms with Crippen LogP contribution in [0.1, 0.15) is 13.8 Å². The normalized spacial score (nSPS) is 16.1. The van der Waals surface area contributed by atoms with E-state index in [0.717, 1.165) is 0 Å². The highest BCUT2D eigenvalue weighted by molar-refractivity contribution is 9.11. The van der Waals surface area contributed by atoms with Crippen molar-refractivity contribution in [2.45, 2.75) is 30.1 Å². The minimum Gasteiger partial charge on any atom is -0.391 e. The maximum Gasteiger partial charge on any atom is 0.187 e. The van der Waals surface area contributed by atoms with Gasteiger partial charge in [-0.15, -0.1) is 0 Å². The molecule has 3 nitrogen and oxygen atoms in total. The van der Waals surface area contributed by atoms with Gasteiger partial charge in [-0.05, 0) is 23.0 Å². The summed E-state index contributed by atoms with van der Waals surface area (Å²) < 4.78 is 24.9. The highest BCUT2D eigenvalue weighted by Crippen LogP contribution is 2.23. The van der Waals surface area contributed by atoms with Crippen LogP contribution in [0, 0.1) is 5.92 Å². The molecule has 1 rings (SSSR count). The molecule has 5 heteroatoms. The number of hydrogen-bond donors (Lipinski definition) is 1. The summed E-state index contributed by atoms with van der Waals surface area (Å²) in [5.74, 6) is -0.141. The molecule has 18 heavy (non-hydrogen) atoms. The molecule has 0 aliphatic rings. The lowest BCUT2D eigenvalue weighted by Crippen LogP contribution is -2.36. The van der Waals surface area contributed by atoms with Gasteiger partial charge < -0.3 is 5.11 Å². The molecule has 1 aromatic carbocycles. The second kappa shape index (κ2) is 6.50. The molecule has 0 aliphatic carbocycles. The van der Waals surface area contributed by atoms with Crippen LogP contribution in [0.2, 0.25) is 0 Å². The summed E-state index contributed by atoms with van der Waals surface area (Å²) >= 11 is 3.08. The summed E-state index contributed by atoms with van der Waals surface area (Å²) in [4.78, 5) is 1.70. The lowest BCUT2D eigenvalue weighted by atomic mass is 10.0. The monoisotopic (exact) mass is 332 g/mol. The van der Waals surface area contributed by atoms with E-state index in [9.17, 15) is 13.5 Å². The van der Waals surface area contributed by atoms with E-state index in [2.05, 4.69) is 15.9 Å². The molecule has 100 valence electrons. The van der Waals surface area contributed by atoms with Gasteiger partial charge in [-0.2, -0.15) is 0 Å². The van der Waals surface area contributed by atoms with Gasteiger partial charge in [0.25, 0.3) is 0 Å². The van der Waals surface area contributed by atoms with Gasteiger partial charge in [0.1, 0.15) is 5.25 Å². The molecule has 0 heterocycles. The Morgan fingerprint density at radius 2 is 1.78 bits per heavy atom. The van der Waals surface area contributed by atoms with E-state index in [0.29, 0.717) is 0 Å². The van der Waals surface area contributed by atoms with Crippen molar-refractivity contribution in [2.75, 3.05) is 0 Å². The molecule has 0 bridgehead atoms. The van der Waals surface area contributed by atoms with Gasteiger partial charge >= 0.3 is 0 Å². The first-order valence-electron chi connectivity index (χ1n) is 5.65. The lowest BCUT2D eigenvalue weighted by Gasteiger charge is -2.23. The third-order valence-corrected chi connectivity index (χ3v) is 5.10. The fourth-order valence-corrected chi connectivity index (χ4v) is 3.97. The average molecular weight is 333 g/mol. The predicted molar refractivity (Wildman–Crippen MR) is 76.3 cm³/mol. The van der Waals surface area contributed by atoms with Crippen molar-refractivity contribution in [3.05, 3.63) is 41.4 Å². The first-order valence-corrected chi connectivity index (χ1v) is 8.11. The van der Waals surface area contributed by atoms with Crippen LogP contribution in [0.25, 0.3) is 0 Å². The summed E-state index contributed by atoms with van der Waals surface area (Å²) in [6, 6.07) is 8.18. The van der Waals surface area contributed by atoms with Gasteiger partial charge in [-0.3, -0.25) is 0 Å². The molecule has 0 spiro atoms. The average Bonchev–Trinajstić information content (AvgIpc) is 2.36. The Morgan fingerprint density at radius 1 is 1.22 bits per heavy atom. The van der Waals surface area contributed by atoms with Crippen LogP contribution >= 0.6 is 15.9 Å². The molecule has 1 N–H and O–H groups in total. The standard InChI is InChI=1S/C13H17BrO3S/c1-10(2)13(15)12(8-9-14)18(16,17)11-6-4-3-5-7-11/h3-10,12-13,15H,1-2H3/b9-8-/t12-,13+/m0/s1.